The standard InChI is InChI=1S/C21H32O4/c1-7-9-14(2)10-8-11-15(3)12-13-17-16(4)18(22)20(24-5)21(25-6)19(17)23/h10,12,22-23H,7-9,11,13H2,1-6H3/b14-10+,15-12-. The summed E-state index contributed by atoms with van der Waals surface area (Å²) in [5.41, 5.74) is 3.97. The van der Waals surface area contributed by atoms with Crippen LogP contribution in [-0.2, 0) is 6.42 Å². The van der Waals surface area contributed by atoms with Crippen molar-refractivity contribution in [1.82, 2.24) is 0 Å². The van der Waals surface area contributed by atoms with E-state index in [2.05, 4.69) is 32.9 Å². The van der Waals surface area contributed by atoms with Crippen LogP contribution in [-0.4, -0.2) is 24.4 Å². The summed E-state index contributed by atoms with van der Waals surface area (Å²) in [5, 5.41) is 20.8. The van der Waals surface area contributed by atoms with Gasteiger partial charge in [0.15, 0.2) is 11.5 Å². The normalized spacial score (nSPS) is 12.4. The van der Waals surface area contributed by atoms with E-state index in [1.54, 1.807) is 6.92 Å². The lowest BCUT2D eigenvalue weighted by Gasteiger charge is -2.17. The van der Waals surface area contributed by atoms with E-state index in [0.29, 0.717) is 17.5 Å². The quantitative estimate of drug-likeness (QED) is 0.461. The smallest absolute Gasteiger partial charge is 0.207 e. The van der Waals surface area contributed by atoms with Gasteiger partial charge in [0.05, 0.1) is 14.2 Å². The number of phenolic OH excluding ortho intramolecular Hbond substituents is 2. The molecule has 25 heavy (non-hydrogen) atoms. The zero-order valence-electron chi connectivity index (χ0n) is 16.4. The first-order valence-corrected chi connectivity index (χ1v) is 8.83. The third-order valence-electron chi connectivity index (χ3n) is 4.47. The molecule has 0 saturated carbocycles. The lowest BCUT2D eigenvalue weighted by molar-refractivity contribution is 0.314. The van der Waals surface area contributed by atoms with E-state index in [4.69, 9.17) is 9.47 Å². The van der Waals surface area contributed by atoms with Crippen molar-refractivity contribution in [3.8, 4) is 23.0 Å². The molecular formula is C21H32O4. The topological polar surface area (TPSA) is 58.9 Å². The molecule has 1 aromatic rings. The molecule has 0 saturated heterocycles. The van der Waals surface area contributed by atoms with Crippen LogP contribution >= 0.6 is 0 Å². The first-order valence-electron chi connectivity index (χ1n) is 8.83. The van der Waals surface area contributed by atoms with Gasteiger partial charge in [-0.15, -0.1) is 0 Å². The van der Waals surface area contributed by atoms with Crippen molar-refractivity contribution in [2.24, 2.45) is 0 Å². The van der Waals surface area contributed by atoms with Crippen LogP contribution < -0.4 is 9.47 Å². The Balaban J connectivity index is 2.92. The van der Waals surface area contributed by atoms with Crippen LogP contribution in [0, 0.1) is 6.92 Å². The van der Waals surface area contributed by atoms with Gasteiger partial charge in [0.2, 0.25) is 11.5 Å². The van der Waals surface area contributed by atoms with E-state index in [9.17, 15) is 10.2 Å². The Morgan fingerprint density at radius 3 is 2.04 bits per heavy atom. The average Bonchev–Trinajstić information content (AvgIpc) is 2.58. The van der Waals surface area contributed by atoms with Crippen LogP contribution in [0.1, 0.15) is 57.6 Å². The highest BCUT2D eigenvalue weighted by Gasteiger charge is 2.22. The van der Waals surface area contributed by atoms with Gasteiger partial charge in [-0.25, -0.2) is 0 Å². The largest absolute Gasteiger partial charge is 0.504 e. The zero-order valence-corrected chi connectivity index (χ0v) is 16.4. The van der Waals surface area contributed by atoms with Gasteiger partial charge in [0, 0.05) is 11.1 Å². The number of allylic oxidation sites excluding steroid dienone is 4. The number of phenols is 2. The average molecular weight is 348 g/mol. The second kappa shape index (κ2) is 10.0. The van der Waals surface area contributed by atoms with Gasteiger partial charge >= 0.3 is 0 Å². The summed E-state index contributed by atoms with van der Waals surface area (Å²) in [7, 11) is 2.89. The molecule has 1 rings (SSSR count). The molecule has 0 aliphatic carbocycles. The highest BCUT2D eigenvalue weighted by atomic mass is 16.5. The Bertz CT molecular complexity index is 642. The molecule has 0 aliphatic rings. The third kappa shape index (κ3) is 5.45. The monoisotopic (exact) mass is 348 g/mol. The molecular weight excluding hydrogens is 316 g/mol. The molecule has 0 radical (unpaired) electrons. The summed E-state index contributed by atoms with van der Waals surface area (Å²) in [6, 6.07) is 0. The van der Waals surface area contributed by atoms with E-state index in [0.717, 1.165) is 19.3 Å². The highest BCUT2D eigenvalue weighted by molar-refractivity contribution is 5.66. The predicted molar refractivity (Wildman–Crippen MR) is 103 cm³/mol. The predicted octanol–water partition coefficient (Wildman–Crippen LogP) is 5.44. The van der Waals surface area contributed by atoms with Crippen LogP contribution in [0.3, 0.4) is 0 Å². The minimum absolute atomic E-state index is 0.0105. The first-order chi connectivity index (χ1) is 11.9. The number of benzene rings is 1. The number of ether oxygens (including phenoxy) is 2. The molecule has 140 valence electrons. The number of hydrogen-bond donors (Lipinski definition) is 2. The van der Waals surface area contributed by atoms with Crippen LogP contribution in [0.2, 0.25) is 0 Å². The van der Waals surface area contributed by atoms with Crippen molar-refractivity contribution >= 4 is 0 Å². The van der Waals surface area contributed by atoms with E-state index in [-0.39, 0.29) is 23.0 Å². The fourth-order valence-corrected chi connectivity index (χ4v) is 2.89. The van der Waals surface area contributed by atoms with Gasteiger partial charge in [0.25, 0.3) is 0 Å². The van der Waals surface area contributed by atoms with Crippen molar-refractivity contribution in [2.45, 2.75) is 59.8 Å². The van der Waals surface area contributed by atoms with E-state index in [1.807, 2.05) is 0 Å². The first kappa shape index (κ1) is 20.9. The Morgan fingerprint density at radius 1 is 0.920 bits per heavy atom. The molecule has 0 amide bonds. The Morgan fingerprint density at radius 2 is 1.48 bits per heavy atom. The second-order valence-corrected chi connectivity index (χ2v) is 6.46. The molecule has 0 aromatic heterocycles. The number of hydrogen-bond acceptors (Lipinski definition) is 4. The second-order valence-electron chi connectivity index (χ2n) is 6.46. The summed E-state index contributed by atoms with van der Waals surface area (Å²) in [5.74, 6) is 0.372. The van der Waals surface area contributed by atoms with E-state index < -0.39 is 0 Å². The number of aromatic hydroxyl groups is 2. The maximum Gasteiger partial charge on any atom is 0.207 e. The third-order valence-corrected chi connectivity index (χ3v) is 4.47. The lowest BCUT2D eigenvalue weighted by atomic mass is 9.99. The van der Waals surface area contributed by atoms with Gasteiger partial charge in [-0.2, -0.15) is 0 Å². The van der Waals surface area contributed by atoms with E-state index >= 15 is 0 Å². The van der Waals surface area contributed by atoms with Crippen LogP contribution in [0.5, 0.6) is 23.0 Å². The van der Waals surface area contributed by atoms with Gasteiger partial charge in [-0.05, 0) is 46.5 Å². The molecule has 4 heteroatoms. The maximum absolute atomic E-state index is 10.5. The zero-order chi connectivity index (χ0) is 19.0. The number of methoxy groups -OCH3 is 2. The SMILES string of the molecule is CCC/C(C)=C/CC/C(C)=C\Cc1c(C)c(O)c(OC)c(OC)c1O. The fraction of sp³-hybridized carbons (Fsp3) is 0.524. The molecule has 0 aliphatic heterocycles. The molecule has 0 heterocycles. The molecule has 0 unspecified atom stereocenters. The molecule has 0 atom stereocenters. The Kier molecular flexibility index (Phi) is 8.39. The summed E-state index contributed by atoms with van der Waals surface area (Å²) in [6.45, 7) is 8.23. The Hall–Kier alpha value is -2.10. The summed E-state index contributed by atoms with van der Waals surface area (Å²) in [6.07, 6.45) is 9.27. The summed E-state index contributed by atoms with van der Waals surface area (Å²) in [4.78, 5) is 0. The van der Waals surface area contributed by atoms with Crippen LogP contribution in [0.25, 0.3) is 0 Å². The summed E-state index contributed by atoms with van der Waals surface area (Å²) >= 11 is 0. The fourth-order valence-electron chi connectivity index (χ4n) is 2.89. The van der Waals surface area contributed by atoms with Gasteiger partial charge < -0.3 is 19.7 Å². The lowest BCUT2D eigenvalue weighted by Crippen LogP contribution is -1.98. The molecule has 2 N–H and O–H groups in total. The van der Waals surface area contributed by atoms with Crippen LogP contribution in [0.15, 0.2) is 23.3 Å². The van der Waals surface area contributed by atoms with Gasteiger partial charge in [0.1, 0.15) is 0 Å². The van der Waals surface area contributed by atoms with Crippen molar-refractivity contribution in [2.75, 3.05) is 14.2 Å². The summed E-state index contributed by atoms with van der Waals surface area (Å²) < 4.78 is 10.3. The Labute approximate surface area is 151 Å². The molecule has 4 nitrogen and oxygen atoms in total. The van der Waals surface area contributed by atoms with Crippen LogP contribution in [0.4, 0.5) is 0 Å². The van der Waals surface area contributed by atoms with Gasteiger partial charge in [-0.3, -0.25) is 0 Å². The molecule has 0 spiro atoms. The van der Waals surface area contributed by atoms with E-state index in [1.165, 1.54) is 31.8 Å². The molecule has 0 bridgehead atoms. The number of rotatable bonds is 9. The minimum Gasteiger partial charge on any atom is -0.504 e. The van der Waals surface area contributed by atoms with Crippen molar-refractivity contribution in [3.05, 3.63) is 34.4 Å². The minimum atomic E-state index is 0.0105. The maximum atomic E-state index is 10.5. The van der Waals surface area contributed by atoms with Crippen molar-refractivity contribution < 1.29 is 19.7 Å². The van der Waals surface area contributed by atoms with Crippen molar-refractivity contribution in [1.29, 1.82) is 0 Å². The molecule has 1 aromatic carbocycles. The molecule has 0 fully saturated rings. The van der Waals surface area contributed by atoms with Crippen molar-refractivity contribution in [3.63, 3.8) is 0 Å². The van der Waals surface area contributed by atoms with Gasteiger partial charge in [-0.1, -0.05) is 36.6 Å². The highest BCUT2D eigenvalue weighted by Crippen LogP contribution is 2.48.